The minimum absolute atomic E-state index is 0.0467. The molecule has 31 heavy (non-hydrogen) atoms. The first kappa shape index (κ1) is 21.4. The van der Waals surface area contributed by atoms with Gasteiger partial charge in [-0.05, 0) is 68.0 Å². The van der Waals surface area contributed by atoms with Crippen molar-refractivity contribution in [2.45, 2.75) is 37.1 Å². The molecule has 1 aromatic carbocycles. The number of carbonyl (C=O) groups excluding carboxylic acids is 1. The van der Waals surface area contributed by atoms with Crippen molar-refractivity contribution in [3.05, 3.63) is 72.7 Å². The van der Waals surface area contributed by atoms with Gasteiger partial charge in [-0.3, -0.25) is 9.69 Å². The summed E-state index contributed by atoms with van der Waals surface area (Å²) in [5.41, 5.74) is 2.28. The van der Waals surface area contributed by atoms with Crippen LogP contribution in [0.2, 0.25) is 0 Å². The molecule has 4 rings (SSSR count). The summed E-state index contributed by atoms with van der Waals surface area (Å²) in [7, 11) is 1.72. The molecule has 1 saturated heterocycles. The number of methoxy groups -OCH3 is 1. The van der Waals surface area contributed by atoms with E-state index in [9.17, 15) is 4.79 Å². The molecular formula is C26H32N2O3. The van der Waals surface area contributed by atoms with Crippen molar-refractivity contribution < 1.29 is 13.9 Å². The van der Waals surface area contributed by atoms with E-state index in [2.05, 4.69) is 35.0 Å². The second-order valence-electron chi connectivity index (χ2n) is 8.76. The molecule has 5 heteroatoms. The van der Waals surface area contributed by atoms with E-state index in [-0.39, 0.29) is 17.4 Å². The number of fused-ring (bicyclic) bond motifs is 1. The Morgan fingerprint density at radius 1 is 1.39 bits per heavy atom. The van der Waals surface area contributed by atoms with Gasteiger partial charge in [-0.15, -0.1) is 6.58 Å². The Bertz CT molecular complexity index is 920. The van der Waals surface area contributed by atoms with Gasteiger partial charge in [0.1, 0.15) is 5.75 Å². The quantitative estimate of drug-likeness (QED) is 0.532. The van der Waals surface area contributed by atoms with E-state index in [0.29, 0.717) is 5.92 Å². The number of likely N-dealkylation sites (tertiary alicyclic amines) is 1. The Balaban J connectivity index is 1.53. The highest BCUT2D eigenvalue weighted by atomic mass is 16.5. The Labute approximate surface area is 184 Å². The number of ether oxygens (including phenoxy) is 1. The third-order valence-electron chi connectivity index (χ3n) is 6.96. The second-order valence-corrected chi connectivity index (χ2v) is 8.76. The van der Waals surface area contributed by atoms with Crippen LogP contribution in [0, 0.1) is 5.92 Å². The summed E-state index contributed by atoms with van der Waals surface area (Å²) in [4.78, 5) is 15.1. The van der Waals surface area contributed by atoms with Crippen LogP contribution in [0.1, 0.15) is 36.8 Å². The van der Waals surface area contributed by atoms with Crippen LogP contribution < -0.4 is 10.1 Å². The number of nitrogens with zero attached hydrogens (tertiary/aromatic N) is 1. The maximum absolute atomic E-state index is 12.6. The lowest BCUT2D eigenvalue weighted by Gasteiger charge is -2.53. The number of rotatable bonds is 7. The molecule has 2 aromatic rings. The van der Waals surface area contributed by atoms with Gasteiger partial charge in [0, 0.05) is 36.2 Å². The molecule has 1 aliphatic heterocycles. The number of hydrogen-bond acceptors (Lipinski definition) is 4. The fraction of sp³-hybridized carbons (Fsp3) is 0.423. The van der Waals surface area contributed by atoms with Crippen molar-refractivity contribution in [1.82, 2.24) is 10.2 Å². The van der Waals surface area contributed by atoms with E-state index >= 15 is 0 Å². The van der Waals surface area contributed by atoms with Gasteiger partial charge >= 0.3 is 0 Å². The van der Waals surface area contributed by atoms with E-state index in [1.54, 1.807) is 31.8 Å². The normalized spacial score (nSPS) is 26.4. The molecule has 1 aromatic heterocycles. The van der Waals surface area contributed by atoms with Crippen LogP contribution in [0.15, 0.2) is 66.0 Å². The molecule has 2 heterocycles. The summed E-state index contributed by atoms with van der Waals surface area (Å²) < 4.78 is 10.6. The van der Waals surface area contributed by atoms with E-state index in [1.807, 2.05) is 18.2 Å². The van der Waals surface area contributed by atoms with Crippen molar-refractivity contribution in [2.75, 3.05) is 26.7 Å². The SMILES string of the molecule is C=CCN1CC[C@@]2(c3cccc(OC)c3)C[C@H](NC(=O)/C=C/c3ccoc3)CC[C@@H]2C1. The fourth-order valence-electron chi connectivity index (χ4n) is 5.41. The number of furan rings is 1. The van der Waals surface area contributed by atoms with Crippen molar-refractivity contribution >= 4 is 12.0 Å². The number of benzene rings is 1. The largest absolute Gasteiger partial charge is 0.497 e. The maximum atomic E-state index is 12.6. The molecule has 2 fully saturated rings. The fourth-order valence-corrected chi connectivity index (χ4v) is 5.41. The summed E-state index contributed by atoms with van der Waals surface area (Å²) in [6.07, 6.45) is 12.8. The first-order valence-corrected chi connectivity index (χ1v) is 11.1. The first-order chi connectivity index (χ1) is 15.1. The number of hydrogen-bond donors (Lipinski definition) is 1. The summed E-state index contributed by atoms with van der Waals surface area (Å²) in [6, 6.07) is 10.5. The molecule has 0 spiro atoms. The Kier molecular flexibility index (Phi) is 6.62. The van der Waals surface area contributed by atoms with Gasteiger partial charge in [0.15, 0.2) is 0 Å². The zero-order valence-corrected chi connectivity index (χ0v) is 18.3. The summed E-state index contributed by atoms with van der Waals surface area (Å²) >= 11 is 0. The third-order valence-corrected chi connectivity index (χ3v) is 6.96. The van der Waals surface area contributed by atoms with Gasteiger partial charge in [0.2, 0.25) is 5.91 Å². The van der Waals surface area contributed by atoms with Crippen LogP contribution in [0.4, 0.5) is 0 Å². The zero-order valence-electron chi connectivity index (χ0n) is 18.3. The Morgan fingerprint density at radius 3 is 3.06 bits per heavy atom. The topological polar surface area (TPSA) is 54.7 Å². The smallest absolute Gasteiger partial charge is 0.244 e. The van der Waals surface area contributed by atoms with E-state index in [0.717, 1.165) is 56.6 Å². The summed E-state index contributed by atoms with van der Waals surface area (Å²) in [6.45, 7) is 6.97. The number of carbonyl (C=O) groups is 1. The molecule has 0 radical (unpaired) electrons. The number of piperidine rings is 1. The first-order valence-electron chi connectivity index (χ1n) is 11.1. The van der Waals surface area contributed by atoms with Crippen LogP contribution in [-0.2, 0) is 10.2 Å². The Morgan fingerprint density at radius 2 is 2.29 bits per heavy atom. The molecule has 1 amide bonds. The highest BCUT2D eigenvalue weighted by Crippen LogP contribution is 2.49. The second kappa shape index (κ2) is 9.56. The van der Waals surface area contributed by atoms with Crippen LogP contribution in [-0.4, -0.2) is 43.6 Å². The molecule has 164 valence electrons. The van der Waals surface area contributed by atoms with E-state index in [1.165, 1.54) is 5.56 Å². The van der Waals surface area contributed by atoms with E-state index in [4.69, 9.17) is 9.15 Å². The summed E-state index contributed by atoms with van der Waals surface area (Å²) in [5.74, 6) is 1.41. The Hall–Kier alpha value is -2.79. The van der Waals surface area contributed by atoms with E-state index < -0.39 is 0 Å². The standard InChI is InChI=1S/C26H32N2O3/c1-3-13-28-14-12-26(21-5-4-6-24(16-21)30-2)17-23(9-8-22(26)18-28)27-25(29)10-7-20-11-15-31-19-20/h3-7,10-11,15-16,19,22-23H,1,8-9,12-14,17-18H2,2H3,(H,27,29)/b10-7+/t22-,23-,26+/m1/s1. The van der Waals surface area contributed by atoms with Crippen LogP contribution in [0.5, 0.6) is 5.75 Å². The van der Waals surface area contributed by atoms with Crippen molar-refractivity contribution in [3.63, 3.8) is 0 Å². The lowest BCUT2D eigenvalue weighted by atomic mass is 9.58. The highest BCUT2D eigenvalue weighted by molar-refractivity contribution is 5.91. The number of amides is 1. The number of nitrogens with one attached hydrogen (secondary N) is 1. The minimum Gasteiger partial charge on any atom is -0.497 e. The van der Waals surface area contributed by atoms with Gasteiger partial charge in [-0.1, -0.05) is 18.2 Å². The van der Waals surface area contributed by atoms with Gasteiger partial charge in [-0.2, -0.15) is 0 Å². The molecule has 2 aliphatic rings. The monoisotopic (exact) mass is 420 g/mol. The van der Waals surface area contributed by atoms with Gasteiger partial charge in [0.25, 0.3) is 0 Å². The average molecular weight is 421 g/mol. The highest BCUT2D eigenvalue weighted by Gasteiger charge is 2.48. The van der Waals surface area contributed by atoms with Gasteiger partial charge in [0.05, 0.1) is 19.6 Å². The molecule has 1 N–H and O–H groups in total. The minimum atomic E-state index is -0.0467. The van der Waals surface area contributed by atoms with Crippen LogP contribution >= 0.6 is 0 Å². The molecule has 0 bridgehead atoms. The molecular weight excluding hydrogens is 388 g/mol. The third kappa shape index (κ3) is 4.77. The van der Waals surface area contributed by atoms with Crippen molar-refractivity contribution in [3.8, 4) is 5.75 Å². The predicted molar refractivity (Wildman–Crippen MR) is 123 cm³/mol. The van der Waals surface area contributed by atoms with Crippen LogP contribution in [0.3, 0.4) is 0 Å². The average Bonchev–Trinajstić information content (AvgIpc) is 3.32. The lowest BCUT2D eigenvalue weighted by Crippen LogP contribution is -2.56. The van der Waals surface area contributed by atoms with Crippen LogP contribution in [0.25, 0.3) is 6.08 Å². The summed E-state index contributed by atoms with van der Waals surface area (Å²) in [5, 5.41) is 3.26. The predicted octanol–water partition coefficient (Wildman–Crippen LogP) is 4.42. The van der Waals surface area contributed by atoms with Gasteiger partial charge in [-0.25, -0.2) is 0 Å². The molecule has 1 aliphatic carbocycles. The molecule has 0 unspecified atom stereocenters. The molecule has 5 nitrogen and oxygen atoms in total. The van der Waals surface area contributed by atoms with Crippen molar-refractivity contribution in [1.29, 1.82) is 0 Å². The van der Waals surface area contributed by atoms with Gasteiger partial charge < -0.3 is 14.5 Å². The van der Waals surface area contributed by atoms with Crippen molar-refractivity contribution in [2.24, 2.45) is 5.92 Å². The molecule has 3 atom stereocenters. The lowest BCUT2D eigenvalue weighted by molar-refractivity contribution is -0.117. The molecule has 1 saturated carbocycles. The zero-order chi connectivity index (χ0) is 21.7. The maximum Gasteiger partial charge on any atom is 0.244 e.